The van der Waals surface area contributed by atoms with Gasteiger partial charge in [-0.05, 0) is 35.9 Å². The second-order valence-electron chi connectivity index (χ2n) is 8.62. The summed E-state index contributed by atoms with van der Waals surface area (Å²) < 4.78 is 34.2. The van der Waals surface area contributed by atoms with Gasteiger partial charge in [0, 0.05) is 62.8 Å². The second kappa shape index (κ2) is 9.00. The molecule has 0 atom stereocenters. The molecule has 5 heterocycles. The number of hydrogen-bond donors (Lipinski definition) is 1. The largest absolute Gasteiger partial charge is 0.461 e. The number of anilines is 2. The van der Waals surface area contributed by atoms with Crippen LogP contribution in [0.2, 0.25) is 0 Å². The first-order chi connectivity index (χ1) is 17.5. The summed E-state index contributed by atoms with van der Waals surface area (Å²) in [5.74, 6) is 0.0813. The van der Waals surface area contributed by atoms with Crippen molar-refractivity contribution in [1.82, 2.24) is 29.5 Å². The molecule has 36 heavy (non-hydrogen) atoms. The van der Waals surface area contributed by atoms with Crippen molar-refractivity contribution in [2.24, 2.45) is 0 Å². The van der Waals surface area contributed by atoms with Crippen molar-refractivity contribution in [3.63, 3.8) is 0 Å². The number of nitrogens with two attached hydrogens (primary N) is 1. The van der Waals surface area contributed by atoms with Gasteiger partial charge < -0.3 is 15.1 Å². The number of nitrogen functional groups attached to an aromatic ring is 1. The van der Waals surface area contributed by atoms with Crippen LogP contribution < -0.4 is 10.6 Å². The smallest absolute Gasteiger partial charge is 0.223 e. The summed E-state index contributed by atoms with van der Waals surface area (Å²) in [4.78, 5) is 17.6. The maximum absolute atomic E-state index is 14.2. The first kappa shape index (κ1) is 22.1. The van der Waals surface area contributed by atoms with Crippen molar-refractivity contribution >= 4 is 17.3 Å². The van der Waals surface area contributed by atoms with E-state index in [0.717, 1.165) is 30.3 Å². The molecule has 1 fully saturated rings. The lowest BCUT2D eigenvalue weighted by Crippen LogP contribution is -2.46. The van der Waals surface area contributed by atoms with Crippen LogP contribution in [0.15, 0.2) is 65.5 Å². The summed E-state index contributed by atoms with van der Waals surface area (Å²) >= 11 is 0. The van der Waals surface area contributed by atoms with Gasteiger partial charge in [-0.3, -0.25) is 9.88 Å². The third-order valence-electron chi connectivity index (χ3n) is 6.21. The Morgan fingerprint density at radius 3 is 2.61 bits per heavy atom. The Bertz CT molecular complexity index is 1530. The number of fused-ring (bicyclic) bond motifs is 1. The van der Waals surface area contributed by atoms with E-state index < -0.39 is 11.6 Å². The molecule has 11 heteroatoms. The summed E-state index contributed by atoms with van der Waals surface area (Å²) in [6.45, 7) is 3.47. The zero-order chi connectivity index (χ0) is 24.6. The summed E-state index contributed by atoms with van der Waals surface area (Å²) in [6.07, 6.45) is 5.12. The molecule has 0 bridgehead atoms. The van der Waals surface area contributed by atoms with E-state index in [1.807, 2.05) is 23.2 Å². The fourth-order valence-corrected chi connectivity index (χ4v) is 4.43. The van der Waals surface area contributed by atoms with E-state index in [-0.39, 0.29) is 5.95 Å². The molecular formula is C25H22F2N8O. The maximum Gasteiger partial charge on any atom is 0.223 e. The van der Waals surface area contributed by atoms with Crippen molar-refractivity contribution in [1.29, 1.82) is 0 Å². The van der Waals surface area contributed by atoms with Gasteiger partial charge >= 0.3 is 0 Å². The molecular weight excluding hydrogens is 466 g/mol. The molecule has 0 aliphatic carbocycles. The monoisotopic (exact) mass is 488 g/mol. The highest BCUT2D eigenvalue weighted by atomic mass is 19.1. The van der Waals surface area contributed by atoms with E-state index in [9.17, 15) is 8.78 Å². The Morgan fingerprint density at radius 1 is 0.972 bits per heavy atom. The minimum Gasteiger partial charge on any atom is -0.461 e. The SMILES string of the molecule is Nc1nc(-c2cncc(CN3CCN(c4ccc(F)cc4F)CC3)c2)cc2nc(-c3ccco3)nn12. The fraction of sp³-hybridized carbons (Fsp3) is 0.200. The van der Waals surface area contributed by atoms with Gasteiger partial charge in [-0.15, -0.1) is 5.10 Å². The van der Waals surface area contributed by atoms with E-state index in [1.165, 1.54) is 16.6 Å². The lowest BCUT2D eigenvalue weighted by atomic mass is 10.1. The van der Waals surface area contributed by atoms with Crippen LogP contribution in [0, 0.1) is 11.6 Å². The van der Waals surface area contributed by atoms with Crippen molar-refractivity contribution < 1.29 is 13.2 Å². The number of aromatic nitrogens is 5. The van der Waals surface area contributed by atoms with Crippen LogP contribution in [-0.4, -0.2) is 55.6 Å². The van der Waals surface area contributed by atoms with Gasteiger partial charge in [0.15, 0.2) is 11.4 Å². The molecule has 0 radical (unpaired) electrons. The third-order valence-corrected chi connectivity index (χ3v) is 6.21. The van der Waals surface area contributed by atoms with Crippen molar-refractivity contribution in [3.8, 4) is 22.8 Å². The predicted molar refractivity (Wildman–Crippen MR) is 130 cm³/mol. The maximum atomic E-state index is 14.2. The number of rotatable bonds is 5. The molecule has 1 saturated heterocycles. The first-order valence-electron chi connectivity index (χ1n) is 11.5. The number of benzene rings is 1. The molecule has 1 aliphatic rings. The average Bonchev–Trinajstić information content (AvgIpc) is 3.55. The Balaban J connectivity index is 1.18. The minimum atomic E-state index is -0.570. The predicted octanol–water partition coefficient (Wildman–Crippen LogP) is 3.63. The zero-order valence-corrected chi connectivity index (χ0v) is 19.2. The molecule has 6 rings (SSSR count). The summed E-state index contributed by atoms with van der Waals surface area (Å²) in [5, 5.41) is 4.38. The molecule has 0 spiro atoms. The van der Waals surface area contributed by atoms with Crippen LogP contribution in [0.25, 0.3) is 28.5 Å². The quantitative estimate of drug-likeness (QED) is 0.400. The fourth-order valence-electron chi connectivity index (χ4n) is 4.43. The number of nitrogens with zero attached hydrogens (tertiary/aromatic N) is 7. The molecule has 1 aromatic carbocycles. The summed E-state index contributed by atoms with van der Waals surface area (Å²) in [7, 11) is 0. The van der Waals surface area contributed by atoms with Crippen LogP contribution >= 0.6 is 0 Å². The Morgan fingerprint density at radius 2 is 1.83 bits per heavy atom. The van der Waals surface area contributed by atoms with Crippen LogP contribution in [0.3, 0.4) is 0 Å². The molecule has 0 unspecified atom stereocenters. The van der Waals surface area contributed by atoms with Gasteiger partial charge in [-0.25, -0.2) is 18.7 Å². The third kappa shape index (κ3) is 4.24. The van der Waals surface area contributed by atoms with Crippen LogP contribution in [0.4, 0.5) is 20.4 Å². The molecule has 2 N–H and O–H groups in total. The van der Waals surface area contributed by atoms with Gasteiger partial charge in [0.25, 0.3) is 0 Å². The zero-order valence-electron chi connectivity index (χ0n) is 19.2. The molecule has 0 amide bonds. The lowest BCUT2D eigenvalue weighted by molar-refractivity contribution is 0.249. The summed E-state index contributed by atoms with van der Waals surface area (Å²) in [6, 6.07) is 11.1. The second-order valence-corrected chi connectivity index (χ2v) is 8.62. The lowest BCUT2D eigenvalue weighted by Gasteiger charge is -2.36. The number of piperazine rings is 1. The van der Waals surface area contributed by atoms with Crippen LogP contribution in [0.5, 0.6) is 0 Å². The molecule has 5 aromatic rings. The number of hydrogen-bond acceptors (Lipinski definition) is 8. The van der Waals surface area contributed by atoms with E-state index in [0.29, 0.717) is 48.2 Å². The van der Waals surface area contributed by atoms with Gasteiger partial charge in [-0.2, -0.15) is 4.52 Å². The average molecular weight is 489 g/mol. The molecule has 9 nitrogen and oxygen atoms in total. The number of furan rings is 1. The van der Waals surface area contributed by atoms with Crippen LogP contribution in [0.1, 0.15) is 5.56 Å². The molecule has 1 aliphatic heterocycles. The minimum absolute atomic E-state index is 0.211. The molecule has 4 aromatic heterocycles. The normalized spacial score (nSPS) is 14.6. The number of pyridine rings is 1. The van der Waals surface area contributed by atoms with Crippen molar-refractivity contribution in [2.45, 2.75) is 6.54 Å². The van der Waals surface area contributed by atoms with E-state index in [4.69, 9.17) is 10.2 Å². The highest BCUT2D eigenvalue weighted by molar-refractivity contribution is 5.66. The molecule has 182 valence electrons. The Labute approximate surface area is 204 Å². The molecule has 0 saturated carbocycles. The van der Waals surface area contributed by atoms with E-state index in [1.54, 1.807) is 24.6 Å². The standard InChI is InChI=1S/C25H22F2N8O/c26-18-3-4-21(19(27)11-18)34-7-5-33(6-8-34)15-16-10-17(14-29-13-16)20-12-23-31-24(22-2-1-9-36-22)32-35(23)25(28)30-20/h1-4,9-14H,5-8,15H2,(H2,28,30). The Hall–Kier alpha value is -4.38. The van der Waals surface area contributed by atoms with Crippen molar-refractivity contribution in [2.75, 3.05) is 36.8 Å². The van der Waals surface area contributed by atoms with E-state index in [2.05, 4.69) is 25.0 Å². The van der Waals surface area contributed by atoms with Crippen LogP contribution in [-0.2, 0) is 6.54 Å². The highest BCUT2D eigenvalue weighted by Crippen LogP contribution is 2.25. The number of halogens is 2. The van der Waals surface area contributed by atoms with Crippen molar-refractivity contribution in [3.05, 3.63) is 78.3 Å². The van der Waals surface area contributed by atoms with Gasteiger partial charge in [-0.1, -0.05) is 0 Å². The van der Waals surface area contributed by atoms with Gasteiger partial charge in [0.1, 0.15) is 11.6 Å². The first-order valence-corrected chi connectivity index (χ1v) is 11.5. The highest BCUT2D eigenvalue weighted by Gasteiger charge is 2.20. The van der Waals surface area contributed by atoms with E-state index >= 15 is 0 Å². The topological polar surface area (TPSA) is 102 Å². The van der Waals surface area contributed by atoms with Gasteiger partial charge in [0.05, 0.1) is 17.6 Å². The Kier molecular flexibility index (Phi) is 5.53. The van der Waals surface area contributed by atoms with Gasteiger partial charge in [0.2, 0.25) is 11.8 Å². The summed E-state index contributed by atoms with van der Waals surface area (Å²) in [5.41, 5.74) is 9.63.